The Hall–Kier alpha value is -4.06. The molecule has 0 bridgehead atoms. The highest BCUT2D eigenvalue weighted by Gasteiger charge is 2.46. The first-order valence-corrected chi connectivity index (χ1v) is 11.6. The molecule has 0 spiro atoms. The van der Waals surface area contributed by atoms with Gasteiger partial charge in [-0.3, -0.25) is 9.59 Å². The number of ether oxygens (including phenoxy) is 1. The summed E-state index contributed by atoms with van der Waals surface area (Å²) in [5.41, 5.74) is 2.94. The van der Waals surface area contributed by atoms with Crippen LogP contribution in [0.4, 0.5) is 0 Å². The summed E-state index contributed by atoms with van der Waals surface area (Å²) in [5.74, 6) is -0.433. The molecule has 6 nitrogen and oxygen atoms in total. The van der Waals surface area contributed by atoms with Crippen molar-refractivity contribution in [3.8, 4) is 11.5 Å². The van der Waals surface area contributed by atoms with Gasteiger partial charge in [-0.25, -0.2) is 0 Å². The monoisotopic (exact) mass is 471 g/mol. The number of Topliss-reactive ketones (excluding diaryl/α,β-unsaturated/α-hetero) is 1. The SMILES string of the molecule is Cc1ccc(/C(O)=C2/C(=O)C(=O)N(Cc3ccc(OCC(C)C)cc3)C2c2ccc(O)cc2)cc1. The van der Waals surface area contributed by atoms with Gasteiger partial charge in [-0.1, -0.05) is 67.9 Å². The van der Waals surface area contributed by atoms with Gasteiger partial charge in [-0.05, 0) is 48.2 Å². The lowest BCUT2D eigenvalue weighted by atomic mass is 9.95. The average Bonchev–Trinajstić information content (AvgIpc) is 3.09. The molecule has 180 valence electrons. The number of phenols is 1. The van der Waals surface area contributed by atoms with Crippen LogP contribution in [0.1, 0.15) is 42.1 Å². The maximum Gasteiger partial charge on any atom is 0.295 e. The van der Waals surface area contributed by atoms with E-state index in [9.17, 15) is 19.8 Å². The first-order valence-electron chi connectivity index (χ1n) is 11.6. The second kappa shape index (κ2) is 10.1. The Morgan fingerprint density at radius 1 is 0.943 bits per heavy atom. The lowest BCUT2D eigenvalue weighted by Crippen LogP contribution is -2.29. The second-order valence-electron chi connectivity index (χ2n) is 9.23. The van der Waals surface area contributed by atoms with Crippen molar-refractivity contribution >= 4 is 17.4 Å². The van der Waals surface area contributed by atoms with Crippen molar-refractivity contribution in [3.05, 3.63) is 101 Å². The smallest absolute Gasteiger partial charge is 0.295 e. The second-order valence-corrected chi connectivity index (χ2v) is 9.23. The van der Waals surface area contributed by atoms with Gasteiger partial charge in [0.1, 0.15) is 17.3 Å². The molecule has 3 aromatic carbocycles. The third-order valence-electron chi connectivity index (χ3n) is 5.93. The van der Waals surface area contributed by atoms with Gasteiger partial charge in [0.2, 0.25) is 0 Å². The minimum atomic E-state index is -0.797. The van der Waals surface area contributed by atoms with E-state index in [-0.39, 0.29) is 23.6 Å². The first kappa shape index (κ1) is 24.1. The van der Waals surface area contributed by atoms with Crippen LogP contribution >= 0.6 is 0 Å². The highest BCUT2D eigenvalue weighted by atomic mass is 16.5. The fourth-order valence-electron chi connectivity index (χ4n) is 4.06. The summed E-state index contributed by atoms with van der Waals surface area (Å²) in [6.45, 7) is 6.85. The number of aryl methyl sites for hydroxylation is 1. The molecule has 1 saturated heterocycles. The molecule has 3 aromatic rings. The topological polar surface area (TPSA) is 87.1 Å². The van der Waals surface area contributed by atoms with Crippen LogP contribution in [0.25, 0.3) is 5.76 Å². The summed E-state index contributed by atoms with van der Waals surface area (Å²) >= 11 is 0. The Bertz CT molecular complexity index is 1240. The number of carbonyl (C=O) groups excluding carboxylic acids is 2. The normalized spacial score (nSPS) is 17.3. The maximum absolute atomic E-state index is 13.2. The molecule has 0 aromatic heterocycles. The highest BCUT2D eigenvalue weighted by Crippen LogP contribution is 2.40. The van der Waals surface area contributed by atoms with E-state index in [1.165, 1.54) is 17.0 Å². The number of hydrogen-bond acceptors (Lipinski definition) is 5. The minimum absolute atomic E-state index is 0.0291. The van der Waals surface area contributed by atoms with Crippen molar-refractivity contribution in [3.63, 3.8) is 0 Å². The van der Waals surface area contributed by atoms with E-state index >= 15 is 0 Å². The number of phenolic OH excluding ortho intramolecular Hbond substituents is 1. The Morgan fingerprint density at radius 2 is 1.57 bits per heavy atom. The Labute approximate surface area is 205 Å². The third kappa shape index (κ3) is 5.22. The first-order chi connectivity index (χ1) is 16.7. The van der Waals surface area contributed by atoms with Crippen LogP contribution in [0.5, 0.6) is 11.5 Å². The average molecular weight is 472 g/mol. The van der Waals surface area contributed by atoms with Crippen molar-refractivity contribution < 1.29 is 24.5 Å². The van der Waals surface area contributed by atoms with Gasteiger partial charge in [0, 0.05) is 12.1 Å². The van der Waals surface area contributed by atoms with Gasteiger partial charge >= 0.3 is 0 Å². The number of aliphatic hydroxyl groups is 1. The van der Waals surface area contributed by atoms with Crippen LogP contribution < -0.4 is 4.74 Å². The van der Waals surface area contributed by atoms with Crippen molar-refractivity contribution in [2.75, 3.05) is 6.61 Å². The summed E-state index contributed by atoms with van der Waals surface area (Å²) in [6.07, 6.45) is 0. The highest BCUT2D eigenvalue weighted by molar-refractivity contribution is 6.46. The zero-order chi connectivity index (χ0) is 25.1. The molecule has 1 aliphatic heterocycles. The van der Waals surface area contributed by atoms with Crippen LogP contribution in [0.3, 0.4) is 0 Å². The Kier molecular flexibility index (Phi) is 6.92. The summed E-state index contributed by atoms with van der Waals surface area (Å²) in [4.78, 5) is 27.8. The zero-order valence-electron chi connectivity index (χ0n) is 20.1. The van der Waals surface area contributed by atoms with Crippen LogP contribution in [0, 0.1) is 12.8 Å². The number of amides is 1. The molecule has 0 radical (unpaired) electrons. The number of likely N-dealkylation sites (tertiary alicyclic amines) is 1. The summed E-state index contributed by atoms with van der Waals surface area (Å²) in [6, 6.07) is 20.1. The van der Waals surface area contributed by atoms with Crippen molar-refractivity contribution in [2.45, 2.75) is 33.4 Å². The number of benzene rings is 3. The molecule has 0 aliphatic carbocycles. The van der Waals surface area contributed by atoms with Crippen LogP contribution in [0.15, 0.2) is 78.4 Å². The van der Waals surface area contributed by atoms with Crippen molar-refractivity contribution in [2.24, 2.45) is 5.92 Å². The quantitative estimate of drug-likeness (QED) is 0.275. The Balaban J connectivity index is 1.72. The van der Waals surface area contributed by atoms with E-state index in [4.69, 9.17) is 4.74 Å². The predicted octanol–water partition coefficient (Wildman–Crippen LogP) is 5.36. The number of ketones is 1. The molecular weight excluding hydrogens is 442 g/mol. The zero-order valence-corrected chi connectivity index (χ0v) is 20.1. The molecule has 1 heterocycles. The standard InChI is InChI=1S/C29H29NO5/c1-18(2)17-35-24-14-6-20(7-15-24)16-30-26(21-10-12-23(31)13-11-21)25(28(33)29(30)34)27(32)22-8-4-19(3)5-9-22/h4-15,18,26,31-32H,16-17H2,1-3H3/b27-25-. The lowest BCUT2D eigenvalue weighted by Gasteiger charge is -2.25. The molecule has 0 saturated carbocycles. The predicted molar refractivity (Wildman–Crippen MR) is 134 cm³/mol. The largest absolute Gasteiger partial charge is 0.508 e. The van der Waals surface area contributed by atoms with E-state index < -0.39 is 17.7 Å². The van der Waals surface area contributed by atoms with Gasteiger partial charge in [-0.2, -0.15) is 0 Å². The van der Waals surface area contributed by atoms with Crippen LogP contribution in [0.2, 0.25) is 0 Å². The van der Waals surface area contributed by atoms with E-state index in [2.05, 4.69) is 13.8 Å². The van der Waals surface area contributed by atoms with Crippen molar-refractivity contribution in [1.29, 1.82) is 0 Å². The lowest BCUT2D eigenvalue weighted by molar-refractivity contribution is -0.140. The van der Waals surface area contributed by atoms with Crippen LogP contribution in [-0.4, -0.2) is 33.4 Å². The number of nitrogens with zero attached hydrogens (tertiary/aromatic N) is 1. The van der Waals surface area contributed by atoms with Gasteiger partial charge in [-0.15, -0.1) is 0 Å². The molecular formula is C29H29NO5. The summed E-state index contributed by atoms with van der Waals surface area (Å²) < 4.78 is 5.74. The number of hydrogen-bond donors (Lipinski definition) is 2. The summed E-state index contributed by atoms with van der Waals surface area (Å²) in [5, 5.41) is 20.9. The molecule has 1 aliphatic rings. The number of aromatic hydroxyl groups is 1. The van der Waals surface area contributed by atoms with Gasteiger partial charge in [0.25, 0.3) is 11.7 Å². The van der Waals surface area contributed by atoms with Gasteiger partial charge in [0.05, 0.1) is 18.2 Å². The van der Waals surface area contributed by atoms with Crippen molar-refractivity contribution in [1.82, 2.24) is 4.90 Å². The Morgan fingerprint density at radius 3 is 2.17 bits per heavy atom. The van der Waals surface area contributed by atoms with E-state index in [0.717, 1.165) is 16.9 Å². The summed E-state index contributed by atoms with van der Waals surface area (Å²) in [7, 11) is 0. The molecule has 4 rings (SSSR count). The number of rotatable bonds is 7. The maximum atomic E-state index is 13.2. The van der Waals surface area contributed by atoms with E-state index in [0.29, 0.717) is 23.7 Å². The number of carbonyl (C=O) groups is 2. The van der Waals surface area contributed by atoms with Crippen LogP contribution in [-0.2, 0) is 16.1 Å². The molecule has 1 fully saturated rings. The number of aliphatic hydroxyl groups excluding tert-OH is 1. The molecule has 1 unspecified atom stereocenters. The molecule has 6 heteroatoms. The fraction of sp³-hybridized carbons (Fsp3) is 0.241. The molecule has 1 amide bonds. The minimum Gasteiger partial charge on any atom is -0.508 e. The molecule has 35 heavy (non-hydrogen) atoms. The third-order valence-corrected chi connectivity index (χ3v) is 5.93. The van der Waals surface area contributed by atoms with E-state index in [1.54, 1.807) is 24.3 Å². The van der Waals surface area contributed by atoms with Gasteiger partial charge < -0.3 is 19.8 Å². The fourth-order valence-corrected chi connectivity index (χ4v) is 4.06. The molecule has 2 N–H and O–H groups in total. The van der Waals surface area contributed by atoms with E-state index in [1.807, 2.05) is 43.3 Å². The molecule has 1 atom stereocenters. The van der Waals surface area contributed by atoms with Gasteiger partial charge in [0.15, 0.2) is 0 Å².